The molecule has 1 saturated heterocycles. The summed E-state index contributed by atoms with van der Waals surface area (Å²) in [6.07, 6.45) is 0.678. The van der Waals surface area contributed by atoms with Crippen molar-refractivity contribution in [2.24, 2.45) is 16.6 Å². The van der Waals surface area contributed by atoms with Crippen LogP contribution >= 0.6 is 11.6 Å². The third kappa shape index (κ3) is 6.76. The van der Waals surface area contributed by atoms with E-state index < -0.39 is 29.4 Å². The topological polar surface area (TPSA) is 103 Å². The van der Waals surface area contributed by atoms with Gasteiger partial charge in [0.15, 0.2) is 0 Å². The Kier molecular flexibility index (Phi) is 9.56. The zero-order valence-corrected chi connectivity index (χ0v) is 23.4. The van der Waals surface area contributed by atoms with Crippen molar-refractivity contribution in [1.29, 1.82) is 0 Å². The molecule has 208 valence electrons. The molecule has 39 heavy (non-hydrogen) atoms. The third-order valence-corrected chi connectivity index (χ3v) is 7.58. The molecule has 1 fully saturated rings. The molecule has 0 radical (unpaired) electrons. The summed E-state index contributed by atoms with van der Waals surface area (Å²) in [6, 6.07) is 17.4. The van der Waals surface area contributed by atoms with Crippen LogP contribution in [0.5, 0.6) is 0 Å². The van der Waals surface area contributed by atoms with Crippen molar-refractivity contribution in [3.05, 3.63) is 82.0 Å². The highest BCUT2D eigenvalue weighted by Crippen LogP contribution is 2.43. The first-order valence-corrected chi connectivity index (χ1v) is 13.5. The number of nitrogens with two attached hydrogens (primary N) is 1. The van der Waals surface area contributed by atoms with E-state index in [1.807, 2.05) is 37.3 Å². The Hall–Kier alpha value is -3.04. The van der Waals surface area contributed by atoms with E-state index in [9.17, 15) is 9.59 Å². The van der Waals surface area contributed by atoms with E-state index in [4.69, 9.17) is 31.5 Å². The van der Waals surface area contributed by atoms with Crippen molar-refractivity contribution in [2.45, 2.75) is 38.3 Å². The lowest BCUT2D eigenvalue weighted by molar-refractivity contribution is -0.152. The summed E-state index contributed by atoms with van der Waals surface area (Å²) in [5.41, 5.74) is 7.89. The number of ether oxygens (including phenoxy) is 3. The van der Waals surface area contributed by atoms with Gasteiger partial charge in [0.2, 0.25) is 0 Å². The second-order valence-corrected chi connectivity index (χ2v) is 10.6. The molecule has 9 heteroatoms. The minimum Gasteiger partial charge on any atom is -0.468 e. The van der Waals surface area contributed by atoms with Gasteiger partial charge in [0, 0.05) is 49.3 Å². The standard InChI is InChI=1S/C30H36ClN3O5/c1-20-25(28(35)37-3)26(22-11-7-8-12-23(22)31)27(24(33-20)18-38-16-14-32)29(36)39-30(2)13-15-34(19-30)17-21-9-5-4-6-10-21/h4-12,25-26H,13-19,32H2,1-3H3/t25?,26-,30+/m0/s1. The van der Waals surface area contributed by atoms with Gasteiger partial charge in [-0.25, -0.2) is 4.79 Å². The molecule has 0 aliphatic carbocycles. The predicted octanol–water partition coefficient (Wildman–Crippen LogP) is 4.12. The number of hydrogen-bond acceptors (Lipinski definition) is 8. The van der Waals surface area contributed by atoms with Gasteiger partial charge in [0.05, 0.1) is 31.6 Å². The fourth-order valence-corrected chi connectivity index (χ4v) is 5.65. The van der Waals surface area contributed by atoms with Crippen LogP contribution in [-0.4, -0.2) is 68.1 Å². The lowest BCUT2D eigenvalue weighted by Gasteiger charge is -2.34. The average molecular weight is 554 g/mol. The largest absolute Gasteiger partial charge is 0.468 e. The van der Waals surface area contributed by atoms with Crippen LogP contribution in [0.1, 0.15) is 37.3 Å². The van der Waals surface area contributed by atoms with Crippen molar-refractivity contribution in [2.75, 3.05) is 40.0 Å². The number of carbonyl (C=O) groups is 2. The van der Waals surface area contributed by atoms with Gasteiger partial charge < -0.3 is 19.9 Å². The minimum atomic E-state index is -0.846. The third-order valence-electron chi connectivity index (χ3n) is 7.24. The molecule has 0 spiro atoms. The Balaban J connectivity index is 1.69. The maximum atomic E-state index is 14.1. The number of carbonyl (C=O) groups excluding carboxylic acids is 2. The van der Waals surface area contributed by atoms with Gasteiger partial charge in [-0.15, -0.1) is 0 Å². The number of methoxy groups -OCH3 is 1. The van der Waals surface area contributed by atoms with E-state index in [1.54, 1.807) is 19.1 Å². The quantitative estimate of drug-likeness (QED) is 0.348. The first kappa shape index (κ1) is 29.0. The fourth-order valence-electron chi connectivity index (χ4n) is 5.40. The molecule has 3 atom stereocenters. The molecule has 0 amide bonds. The number of benzene rings is 2. The summed E-state index contributed by atoms with van der Waals surface area (Å²) < 4.78 is 17.1. The summed E-state index contributed by atoms with van der Waals surface area (Å²) in [5, 5.41) is 0.430. The van der Waals surface area contributed by atoms with Crippen molar-refractivity contribution in [3.63, 3.8) is 0 Å². The van der Waals surface area contributed by atoms with E-state index >= 15 is 0 Å². The summed E-state index contributed by atoms with van der Waals surface area (Å²) in [5.74, 6) is -2.64. The number of hydrogen-bond donors (Lipinski definition) is 1. The maximum absolute atomic E-state index is 14.1. The average Bonchev–Trinajstić information content (AvgIpc) is 3.28. The van der Waals surface area contributed by atoms with Gasteiger partial charge in [-0.3, -0.25) is 14.7 Å². The van der Waals surface area contributed by atoms with Crippen molar-refractivity contribution in [3.8, 4) is 0 Å². The van der Waals surface area contributed by atoms with Crippen LogP contribution in [0.3, 0.4) is 0 Å². The molecular weight excluding hydrogens is 518 g/mol. The molecule has 2 aromatic rings. The van der Waals surface area contributed by atoms with Crippen LogP contribution in [0.25, 0.3) is 0 Å². The molecule has 2 aromatic carbocycles. The molecular formula is C30H36ClN3O5. The number of aliphatic imine (C=N–C) groups is 1. The van der Waals surface area contributed by atoms with Crippen LogP contribution in [-0.2, 0) is 30.3 Å². The van der Waals surface area contributed by atoms with Crippen LogP contribution in [0.15, 0.2) is 70.9 Å². The Labute approximate surface area is 234 Å². The number of nitrogens with zero attached hydrogens (tertiary/aromatic N) is 2. The first-order chi connectivity index (χ1) is 18.8. The number of esters is 2. The number of likely N-dealkylation sites (tertiary alicyclic amines) is 1. The zero-order valence-electron chi connectivity index (χ0n) is 22.7. The van der Waals surface area contributed by atoms with E-state index in [0.29, 0.717) is 48.1 Å². The molecule has 0 saturated carbocycles. The highest BCUT2D eigenvalue weighted by Gasteiger charge is 2.46. The lowest BCUT2D eigenvalue weighted by Crippen LogP contribution is -2.40. The maximum Gasteiger partial charge on any atom is 0.337 e. The van der Waals surface area contributed by atoms with Gasteiger partial charge in [0.25, 0.3) is 0 Å². The Morgan fingerprint density at radius 1 is 1.15 bits per heavy atom. The van der Waals surface area contributed by atoms with E-state index in [0.717, 1.165) is 13.1 Å². The molecule has 4 rings (SSSR count). The SMILES string of the molecule is COC(=O)C1C(C)=NC(COCCN)=C(C(=O)O[C@]2(C)CCN(Cc3ccccc3)C2)[C@H]1c1ccccc1Cl. The van der Waals surface area contributed by atoms with E-state index in [-0.39, 0.29) is 12.2 Å². The Bertz CT molecular complexity index is 1250. The Morgan fingerprint density at radius 2 is 1.87 bits per heavy atom. The van der Waals surface area contributed by atoms with Crippen molar-refractivity contribution >= 4 is 29.3 Å². The van der Waals surface area contributed by atoms with Crippen molar-refractivity contribution < 1.29 is 23.8 Å². The van der Waals surface area contributed by atoms with Gasteiger partial charge >= 0.3 is 11.9 Å². The summed E-state index contributed by atoms with van der Waals surface area (Å²) in [7, 11) is 1.32. The number of rotatable bonds is 10. The van der Waals surface area contributed by atoms with Gasteiger partial charge in [-0.05, 0) is 31.0 Å². The van der Waals surface area contributed by atoms with Gasteiger partial charge in [0.1, 0.15) is 11.5 Å². The summed E-state index contributed by atoms with van der Waals surface area (Å²) in [6.45, 7) is 6.50. The predicted molar refractivity (Wildman–Crippen MR) is 151 cm³/mol. The monoisotopic (exact) mass is 553 g/mol. The van der Waals surface area contributed by atoms with Crippen LogP contribution in [0, 0.1) is 5.92 Å². The zero-order chi connectivity index (χ0) is 28.0. The van der Waals surface area contributed by atoms with Crippen LogP contribution < -0.4 is 5.73 Å². The second kappa shape index (κ2) is 12.9. The van der Waals surface area contributed by atoms with E-state index in [1.165, 1.54) is 12.7 Å². The van der Waals surface area contributed by atoms with Crippen molar-refractivity contribution in [1.82, 2.24) is 4.90 Å². The fraction of sp³-hybridized carbons (Fsp3) is 0.433. The minimum absolute atomic E-state index is 0.0463. The Morgan fingerprint density at radius 3 is 2.56 bits per heavy atom. The van der Waals surface area contributed by atoms with Gasteiger partial charge in [-0.2, -0.15) is 0 Å². The summed E-state index contributed by atoms with van der Waals surface area (Å²) >= 11 is 6.64. The molecule has 0 aromatic heterocycles. The lowest BCUT2D eigenvalue weighted by atomic mass is 9.75. The molecule has 8 nitrogen and oxygen atoms in total. The molecule has 1 unspecified atom stereocenters. The highest BCUT2D eigenvalue weighted by molar-refractivity contribution is 6.31. The smallest absolute Gasteiger partial charge is 0.337 e. The highest BCUT2D eigenvalue weighted by atomic mass is 35.5. The van der Waals surface area contributed by atoms with E-state index in [2.05, 4.69) is 22.0 Å². The molecule has 2 N–H and O–H groups in total. The molecule has 2 aliphatic rings. The molecule has 2 aliphatic heterocycles. The first-order valence-electron chi connectivity index (χ1n) is 13.1. The second-order valence-electron chi connectivity index (χ2n) is 10.2. The normalized spacial score (nSPS) is 23.5. The number of halogens is 1. The summed E-state index contributed by atoms with van der Waals surface area (Å²) in [4.78, 5) is 34.1. The van der Waals surface area contributed by atoms with Crippen LogP contribution in [0.4, 0.5) is 0 Å². The molecule has 2 heterocycles. The van der Waals surface area contributed by atoms with Crippen LogP contribution in [0.2, 0.25) is 5.02 Å². The van der Waals surface area contributed by atoms with Gasteiger partial charge in [-0.1, -0.05) is 60.1 Å². The molecule has 0 bridgehead atoms.